The van der Waals surface area contributed by atoms with E-state index in [1.165, 1.54) is 6.07 Å². The van der Waals surface area contributed by atoms with Crippen LogP contribution >= 0.6 is 0 Å². The van der Waals surface area contributed by atoms with E-state index in [0.717, 1.165) is 22.4 Å². The number of anilines is 1. The number of hydrogen-bond donors (Lipinski definition) is 1. The van der Waals surface area contributed by atoms with Crippen molar-refractivity contribution in [2.75, 3.05) is 10.7 Å². The molecular formula is C23H28N2O4S. The van der Waals surface area contributed by atoms with Crippen molar-refractivity contribution in [3.63, 3.8) is 0 Å². The Labute approximate surface area is 178 Å². The summed E-state index contributed by atoms with van der Waals surface area (Å²) in [5, 5.41) is 2.77. The highest BCUT2D eigenvalue weighted by molar-refractivity contribution is 7.91. The highest BCUT2D eigenvalue weighted by atomic mass is 32.2. The average Bonchev–Trinajstić information content (AvgIpc) is 3.06. The lowest BCUT2D eigenvalue weighted by Gasteiger charge is -2.22. The van der Waals surface area contributed by atoms with Gasteiger partial charge in [0.25, 0.3) is 0 Å². The molecule has 1 aliphatic heterocycles. The van der Waals surface area contributed by atoms with E-state index in [1.807, 2.05) is 45.0 Å². The van der Waals surface area contributed by atoms with E-state index in [9.17, 15) is 18.0 Å². The maximum absolute atomic E-state index is 12.7. The Balaban J connectivity index is 1.62. The lowest BCUT2D eigenvalue weighted by atomic mass is 10.1. The third-order valence-electron chi connectivity index (χ3n) is 5.40. The Hall–Kier alpha value is -2.67. The van der Waals surface area contributed by atoms with Crippen LogP contribution < -0.4 is 10.2 Å². The van der Waals surface area contributed by atoms with Gasteiger partial charge in [0, 0.05) is 31.1 Å². The van der Waals surface area contributed by atoms with Crippen LogP contribution in [0, 0.1) is 6.92 Å². The van der Waals surface area contributed by atoms with E-state index in [-0.39, 0.29) is 34.9 Å². The molecule has 0 bridgehead atoms. The predicted octanol–water partition coefficient (Wildman–Crippen LogP) is 3.16. The van der Waals surface area contributed by atoms with Gasteiger partial charge in [-0.1, -0.05) is 36.8 Å². The third kappa shape index (κ3) is 4.90. The maximum Gasteiger partial charge on any atom is 0.226 e. The van der Waals surface area contributed by atoms with Gasteiger partial charge in [-0.05, 0) is 49.6 Å². The van der Waals surface area contributed by atoms with Crippen molar-refractivity contribution in [1.29, 1.82) is 0 Å². The molecule has 1 heterocycles. The van der Waals surface area contributed by atoms with E-state index in [1.54, 1.807) is 17.0 Å². The number of rotatable bonds is 7. The number of carbonyl (C=O) groups excluding carboxylic acids is 2. The summed E-state index contributed by atoms with van der Waals surface area (Å²) in [7, 11) is -3.59. The molecule has 2 aromatic rings. The molecule has 30 heavy (non-hydrogen) atoms. The summed E-state index contributed by atoms with van der Waals surface area (Å²) in [4.78, 5) is 26.3. The number of nitrogens with one attached hydrogen (secondary N) is 1. The number of nitrogens with zero attached hydrogens (tertiary/aromatic N) is 1. The molecule has 160 valence electrons. The molecule has 0 aromatic heterocycles. The van der Waals surface area contributed by atoms with Gasteiger partial charge in [0.1, 0.15) is 0 Å². The minimum atomic E-state index is -3.59. The monoisotopic (exact) mass is 428 g/mol. The second-order valence-electron chi connectivity index (χ2n) is 7.79. The minimum Gasteiger partial charge on any atom is -0.352 e. The Morgan fingerprint density at radius 3 is 2.50 bits per heavy atom. The van der Waals surface area contributed by atoms with Gasteiger partial charge < -0.3 is 10.2 Å². The molecule has 2 aromatic carbocycles. The van der Waals surface area contributed by atoms with Crippen molar-refractivity contribution < 1.29 is 18.0 Å². The zero-order valence-electron chi connectivity index (χ0n) is 17.6. The second-order valence-corrected chi connectivity index (χ2v) is 9.90. The molecule has 0 saturated heterocycles. The molecule has 0 radical (unpaired) electrons. The largest absolute Gasteiger partial charge is 0.352 e. The molecule has 0 unspecified atom stereocenters. The quantitative estimate of drug-likeness (QED) is 0.734. The number of benzene rings is 2. The van der Waals surface area contributed by atoms with E-state index >= 15 is 0 Å². The minimum absolute atomic E-state index is 0.0120. The van der Waals surface area contributed by atoms with Crippen molar-refractivity contribution in [3.05, 3.63) is 59.2 Å². The first-order chi connectivity index (χ1) is 14.2. The molecule has 1 atom stereocenters. The first-order valence-corrected chi connectivity index (χ1v) is 11.9. The van der Waals surface area contributed by atoms with Crippen LogP contribution in [0.2, 0.25) is 0 Å². The van der Waals surface area contributed by atoms with Crippen LogP contribution in [0.1, 0.15) is 43.4 Å². The number of amides is 2. The molecule has 7 heteroatoms. The highest BCUT2D eigenvalue weighted by Crippen LogP contribution is 2.34. The summed E-state index contributed by atoms with van der Waals surface area (Å²) in [5.74, 6) is -0.519. The normalized spacial score (nSPS) is 15.7. The second kappa shape index (κ2) is 9.00. The Morgan fingerprint density at radius 1 is 1.13 bits per heavy atom. The highest BCUT2D eigenvalue weighted by Gasteiger charge is 2.31. The summed E-state index contributed by atoms with van der Waals surface area (Å²) in [6.45, 7) is 6.14. The summed E-state index contributed by atoms with van der Waals surface area (Å²) >= 11 is 0. The molecule has 2 amide bonds. The fourth-order valence-electron chi connectivity index (χ4n) is 3.69. The molecule has 3 rings (SSSR count). The van der Waals surface area contributed by atoms with Crippen LogP contribution in [-0.4, -0.2) is 32.0 Å². The number of carbonyl (C=O) groups is 2. The smallest absolute Gasteiger partial charge is 0.226 e. The summed E-state index contributed by atoms with van der Waals surface area (Å²) in [5.41, 5.74) is 3.75. The van der Waals surface area contributed by atoms with Gasteiger partial charge in [0.05, 0.1) is 10.6 Å². The van der Waals surface area contributed by atoms with Gasteiger partial charge in [-0.25, -0.2) is 8.42 Å². The molecule has 0 aliphatic carbocycles. The van der Waals surface area contributed by atoms with E-state index in [2.05, 4.69) is 5.32 Å². The lowest BCUT2D eigenvalue weighted by Crippen LogP contribution is -2.35. The Morgan fingerprint density at radius 2 is 1.83 bits per heavy atom. The molecular weight excluding hydrogens is 400 g/mol. The third-order valence-corrected chi connectivity index (χ3v) is 7.12. The SMILES string of the molecule is CCC(=O)N1c2ccc(S(=O)(=O)CCC(=O)NCc3ccc(C)cc3)cc2C[C@H]1C. The molecule has 1 N–H and O–H groups in total. The molecule has 0 saturated carbocycles. The van der Waals surface area contributed by atoms with Crippen LogP contribution in [0.4, 0.5) is 5.69 Å². The van der Waals surface area contributed by atoms with Gasteiger partial charge in [-0.15, -0.1) is 0 Å². The van der Waals surface area contributed by atoms with Crippen molar-refractivity contribution >= 4 is 27.3 Å². The number of fused-ring (bicyclic) bond motifs is 1. The Kier molecular flexibility index (Phi) is 6.61. The standard InChI is InChI=1S/C23H28N2O4S/c1-4-23(27)25-17(3)13-19-14-20(9-10-21(19)25)30(28,29)12-11-22(26)24-15-18-7-5-16(2)6-8-18/h5-10,14,17H,4,11-13,15H2,1-3H3,(H,24,26)/t17-/m1/s1. The summed E-state index contributed by atoms with van der Waals surface area (Å²) in [6, 6.07) is 12.7. The molecule has 0 fully saturated rings. The zero-order valence-corrected chi connectivity index (χ0v) is 18.5. The van der Waals surface area contributed by atoms with Crippen LogP contribution in [0.3, 0.4) is 0 Å². The van der Waals surface area contributed by atoms with Gasteiger partial charge in [-0.2, -0.15) is 0 Å². The molecule has 0 spiro atoms. The topological polar surface area (TPSA) is 83.6 Å². The fraction of sp³-hybridized carbons (Fsp3) is 0.391. The van der Waals surface area contributed by atoms with Crippen LogP contribution in [0.25, 0.3) is 0 Å². The summed E-state index contributed by atoms with van der Waals surface area (Å²) < 4.78 is 25.5. The fourth-order valence-corrected chi connectivity index (χ4v) is 4.98. The van der Waals surface area contributed by atoms with Crippen molar-refractivity contribution in [2.45, 2.75) is 57.5 Å². The van der Waals surface area contributed by atoms with E-state index in [0.29, 0.717) is 19.4 Å². The van der Waals surface area contributed by atoms with Crippen molar-refractivity contribution in [3.8, 4) is 0 Å². The van der Waals surface area contributed by atoms with E-state index in [4.69, 9.17) is 0 Å². The predicted molar refractivity (Wildman–Crippen MR) is 117 cm³/mol. The van der Waals surface area contributed by atoms with Crippen molar-refractivity contribution in [1.82, 2.24) is 5.32 Å². The van der Waals surface area contributed by atoms with Gasteiger partial charge in [0.2, 0.25) is 11.8 Å². The molecule has 1 aliphatic rings. The number of aryl methyl sites for hydroxylation is 1. The molecule has 6 nitrogen and oxygen atoms in total. The zero-order chi connectivity index (χ0) is 21.9. The number of sulfone groups is 1. The van der Waals surface area contributed by atoms with Gasteiger partial charge in [-0.3, -0.25) is 9.59 Å². The van der Waals surface area contributed by atoms with Crippen LogP contribution in [0.15, 0.2) is 47.4 Å². The lowest BCUT2D eigenvalue weighted by molar-refractivity contribution is -0.121. The van der Waals surface area contributed by atoms with Crippen molar-refractivity contribution in [2.24, 2.45) is 0 Å². The summed E-state index contributed by atoms with van der Waals surface area (Å²) in [6.07, 6.45) is 0.936. The van der Waals surface area contributed by atoms with Gasteiger partial charge >= 0.3 is 0 Å². The van der Waals surface area contributed by atoms with E-state index < -0.39 is 9.84 Å². The maximum atomic E-state index is 12.7. The average molecular weight is 429 g/mol. The Bertz CT molecular complexity index is 1050. The number of hydrogen-bond acceptors (Lipinski definition) is 4. The van der Waals surface area contributed by atoms with Gasteiger partial charge in [0.15, 0.2) is 9.84 Å². The first kappa shape index (κ1) is 22.0. The first-order valence-electron chi connectivity index (χ1n) is 10.2. The van der Waals surface area contributed by atoms with Crippen LogP contribution in [-0.2, 0) is 32.4 Å². The van der Waals surface area contributed by atoms with Crippen LogP contribution in [0.5, 0.6) is 0 Å².